The van der Waals surface area contributed by atoms with Crippen molar-refractivity contribution in [2.75, 3.05) is 39.8 Å². The molecule has 2 unspecified atom stereocenters. The largest absolute Gasteiger partial charge is 0.476 e. The van der Waals surface area contributed by atoms with Gasteiger partial charge in [0.2, 0.25) is 5.90 Å². The molecule has 4 aliphatic rings. The molecule has 242 valence electrons. The number of hydrogen-bond acceptors (Lipinski definition) is 7. The Kier molecular flexibility index (Phi) is 9.45. The Morgan fingerprint density at radius 1 is 1.13 bits per heavy atom. The molecule has 2 aromatic rings. The van der Waals surface area contributed by atoms with Crippen LogP contribution in [0.5, 0.6) is 0 Å². The van der Waals surface area contributed by atoms with Gasteiger partial charge < -0.3 is 19.4 Å². The SMILES string of the molecule is C=C(F)C(=O)N1CCN(C2=C(CC#N)C(OC[C@@H]3CCCN3C)=NC3C=C(c4cccc5cccc(Cl)c45)C(F)=CC23)C[C@@H]1CC#N. The number of benzene rings is 2. The first-order valence-corrected chi connectivity index (χ1v) is 16.1. The number of allylic oxidation sites excluding steroid dienone is 2. The maximum Gasteiger partial charge on any atom is 0.282 e. The molecule has 0 saturated carbocycles. The standard InChI is InChI=1S/C36H35ClF2N6O2/c1-22(38)36(46)45-17-16-44(20-24(45)11-13-40)34-27(12-14-41)35(47-21-25-8-5-15-43(25)2)42-32-19-28(31(39)18-29(32)34)26-9-3-6-23-7-4-10-30(37)33(23)26/h3-4,6-7,9-10,18-19,24-25,29,32H,1,5,8,11-12,15-17,20-21H2,2H3/t24-,25-,29?,32?/m0/s1. The number of hydrogen-bond donors (Lipinski definition) is 0. The van der Waals surface area contributed by atoms with Crippen LogP contribution in [0.25, 0.3) is 16.3 Å². The zero-order chi connectivity index (χ0) is 33.2. The zero-order valence-corrected chi connectivity index (χ0v) is 26.9. The number of likely N-dealkylation sites (tertiary alicyclic amines) is 1. The minimum atomic E-state index is -1.09. The molecule has 8 nitrogen and oxygen atoms in total. The number of aliphatic imine (C=N–C) groups is 1. The first kappa shape index (κ1) is 32.4. The van der Waals surface area contributed by atoms with Crippen LogP contribution in [0.2, 0.25) is 5.02 Å². The lowest BCUT2D eigenvalue weighted by atomic mass is 9.81. The molecule has 0 aromatic heterocycles. The average molecular weight is 657 g/mol. The number of carbonyl (C=O) groups excluding carboxylic acids is 1. The molecule has 6 rings (SSSR count). The molecule has 1 amide bonds. The summed E-state index contributed by atoms with van der Waals surface area (Å²) in [5, 5.41) is 21.7. The van der Waals surface area contributed by atoms with Crippen molar-refractivity contribution >= 4 is 39.8 Å². The number of carbonyl (C=O) groups is 1. The second-order valence-electron chi connectivity index (χ2n) is 12.3. The van der Waals surface area contributed by atoms with Crippen LogP contribution in [-0.4, -0.2) is 84.5 Å². The van der Waals surface area contributed by atoms with E-state index in [1.54, 1.807) is 12.1 Å². The van der Waals surface area contributed by atoms with Gasteiger partial charge in [-0.1, -0.05) is 48.5 Å². The smallest absolute Gasteiger partial charge is 0.282 e. The van der Waals surface area contributed by atoms with Crippen LogP contribution in [-0.2, 0) is 9.53 Å². The van der Waals surface area contributed by atoms with Gasteiger partial charge in [0.25, 0.3) is 5.91 Å². The van der Waals surface area contributed by atoms with E-state index >= 15 is 4.39 Å². The van der Waals surface area contributed by atoms with E-state index in [4.69, 9.17) is 21.3 Å². The molecular formula is C36H35ClF2N6O2. The molecule has 0 spiro atoms. The van der Waals surface area contributed by atoms with Crippen LogP contribution >= 0.6 is 11.6 Å². The van der Waals surface area contributed by atoms with E-state index in [1.807, 2.05) is 35.2 Å². The quantitative estimate of drug-likeness (QED) is 0.323. The summed E-state index contributed by atoms with van der Waals surface area (Å²) < 4.78 is 36.7. The molecule has 0 bridgehead atoms. The van der Waals surface area contributed by atoms with E-state index in [-0.39, 0.29) is 38.5 Å². The van der Waals surface area contributed by atoms with Crippen molar-refractivity contribution in [2.45, 2.75) is 43.8 Å². The summed E-state index contributed by atoms with van der Waals surface area (Å²) in [4.78, 5) is 23.2. The van der Waals surface area contributed by atoms with Crippen molar-refractivity contribution in [3.63, 3.8) is 0 Å². The Labute approximate surface area is 278 Å². The van der Waals surface area contributed by atoms with E-state index in [9.17, 15) is 19.7 Å². The lowest BCUT2D eigenvalue weighted by molar-refractivity contribution is -0.133. The normalized spacial score (nSPS) is 24.6. The van der Waals surface area contributed by atoms with Crippen LogP contribution in [0, 0.1) is 28.6 Å². The van der Waals surface area contributed by atoms with Crippen LogP contribution in [0.15, 0.2) is 83.0 Å². The van der Waals surface area contributed by atoms with Gasteiger partial charge in [-0.05, 0) is 55.6 Å². The van der Waals surface area contributed by atoms with E-state index < -0.39 is 35.6 Å². The third-order valence-electron chi connectivity index (χ3n) is 9.57. The molecule has 11 heteroatoms. The van der Waals surface area contributed by atoms with E-state index in [0.29, 0.717) is 39.9 Å². The second kappa shape index (κ2) is 13.7. The molecule has 1 aliphatic carbocycles. The highest BCUT2D eigenvalue weighted by Crippen LogP contribution is 2.44. The van der Waals surface area contributed by atoms with Gasteiger partial charge in [0, 0.05) is 58.8 Å². The molecule has 2 fully saturated rings. The lowest BCUT2D eigenvalue weighted by Crippen LogP contribution is -2.56. The Balaban J connectivity index is 1.44. The minimum absolute atomic E-state index is 0.0355. The summed E-state index contributed by atoms with van der Waals surface area (Å²) in [6, 6.07) is 14.5. The summed E-state index contributed by atoms with van der Waals surface area (Å²) in [6.07, 6.45) is 5.30. The number of nitriles is 2. The van der Waals surface area contributed by atoms with Gasteiger partial charge in [-0.2, -0.15) is 10.5 Å². The van der Waals surface area contributed by atoms with Gasteiger partial charge in [-0.15, -0.1) is 0 Å². The number of piperazine rings is 1. The maximum atomic E-state index is 16.4. The number of nitrogens with zero attached hydrogens (tertiary/aromatic N) is 6. The molecule has 4 atom stereocenters. The number of likely N-dealkylation sites (N-methyl/N-ethyl adjacent to an activating group) is 1. The first-order chi connectivity index (χ1) is 22.7. The van der Waals surface area contributed by atoms with E-state index in [1.165, 1.54) is 11.0 Å². The third-order valence-corrected chi connectivity index (χ3v) is 9.88. The maximum absolute atomic E-state index is 16.4. The fourth-order valence-electron chi connectivity index (χ4n) is 7.23. The highest BCUT2D eigenvalue weighted by molar-refractivity contribution is 6.36. The average Bonchev–Trinajstić information content (AvgIpc) is 3.47. The number of rotatable bonds is 7. The molecule has 2 saturated heterocycles. The van der Waals surface area contributed by atoms with Crippen molar-refractivity contribution in [3.8, 4) is 12.1 Å². The summed E-state index contributed by atoms with van der Waals surface area (Å²) >= 11 is 6.63. The fourth-order valence-corrected chi connectivity index (χ4v) is 7.52. The molecule has 47 heavy (non-hydrogen) atoms. The predicted molar refractivity (Wildman–Crippen MR) is 177 cm³/mol. The highest BCUT2D eigenvalue weighted by Gasteiger charge is 2.42. The molecule has 3 aliphatic heterocycles. The van der Waals surface area contributed by atoms with Crippen molar-refractivity contribution in [1.82, 2.24) is 14.7 Å². The Morgan fingerprint density at radius 2 is 1.91 bits per heavy atom. The number of amides is 1. The van der Waals surface area contributed by atoms with Gasteiger partial charge in [-0.25, -0.2) is 13.8 Å². The van der Waals surface area contributed by atoms with Crippen LogP contribution in [0.4, 0.5) is 8.78 Å². The van der Waals surface area contributed by atoms with Gasteiger partial charge in [0.1, 0.15) is 12.4 Å². The lowest BCUT2D eigenvalue weighted by Gasteiger charge is -2.46. The molecular weight excluding hydrogens is 622 g/mol. The van der Waals surface area contributed by atoms with Gasteiger partial charge in [-0.3, -0.25) is 4.79 Å². The summed E-state index contributed by atoms with van der Waals surface area (Å²) in [5.74, 6) is -2.65. The first-order valence-electron chi connectivity index (χ1n) is 15.8. The molecule has 2 aromatic carbocycles. The topological polar surface area (TPSA) is 96.0 Å². The van der Waals surface area contributed by atoms with E-state index in [0.717, 1.165) is 30.2 Å². The number of ether oxygens (including phenoxy) is 1. The summed E-state index contributed by atoms with van der Waals surface area (Å²) in [5.41, 5.74) is 2.23. The summed E-state index contributed by atoms with van der Waals surface area (Å²) in [6.45, 7) is 5.09. The Bertz CT molecular complexity index is 1820. The fraction of sp³-hybridized carbons (Fsp3) is 0.389. The van der Waals surface area contributed by atoms with Gasteiger partial charge >= 0.3 is 0 Å². The van der Waals surface area contributed by atoms with Gasteiger partial charge in [0.05, 0.1) is 37.1 Å². The zero-order valence-electron chi connectivity index (χ0n) is 26.1. The van der Waals surface area contributed by atoms with Crippen molar-refractivity contribution in [3.05, 3.63) is 88.6 Å². The van der Waals surface area contributed by atoms with E-state index in [2.05, 4.69) is 30.7 Å². The van der Waals surface area contributed by atoms with Crippen molar-refractivity contribution in [1.29, 1.82) is 10.5 Å². The van der Waals surface area contributed by atoms with Crippen LogP contribution in [0.3, 0.4) is 0 Å². The van der Waals surface area contributed by atoms with Gasteiger partial charge in [0.15, 0.2) is 5.83 Å². The Hall–Kier alpha value is -4.51. The minimum Gasteiger partial charge on any atom is -0.476 e. The predicted octanol–water partition coefficient (Wildman–Crippen LogP) is 6.33. The number of dihydropyridines is 1. The number of halogens is 3. The van der Waals surface area contributed by atoms with Crippen LogP contribution in [0.1, 0.15) is 31.2 Å². The molecule has 0 N–H and O–H groups in total. The second-order valence-corrected chi connectivity index (χ2v) is 12.7. The molecule has 0 radical (unpaired) electrons. The van der Waals surface area contributed by atoms with Crippen molar-refractivity contribution < 1.29 is 18.3 Å². The van der Waals surface area contributed by atoms with Crippen LogP contribution < -0.4 is 0 Å². The highest BCUT2D eigenvalue weighted by atomic mass is 35.5. The summed E-state index contributed by atoms with van der Waals surface area (Å²) in [7, 11) is 2.05. The molecule has 3 heterocycles. The third kappa shape index (κ3) is 6.28. The number of fused-ring (bicyclic) bond motifs is 2. The van der Waals surface area contributed by atoms with Crippen molar-refractivity contribution in [2.24, 2.45) is 10.9 Å². The monoisotopic (exact) mass is 656 g/mol. The Morgan fingerprint density at radius 3 is 2.62 bits per heavy atom.